The molecule has 0 spiro atoms. The highest BCUT2D eigenvalue weighted by Crippen LogP contribution is 2.45. The van der Waals surface area contributed by atoms with Crippen molar-refractivity contribution in [1.29, 1.82) is 0 Å². The first-order chi connectivity index (χ1) is 16.0. The summed E-state index contributed by atoms with van der Waals surface area (Å²) in [5.74, 6) is 1.10. The largest absolute Gasteiger partial charge is 0.508 e. The third-order valence-electron chi connectivity index (χ3n) is 6.70. The van der Waals surface area contributed by atoms with Crippen molar-refractivity contribution in [2.45, 2.75) is 24.5 Å². The zero-order valence-electron chi connectivity index (χ0n) is 18.6. The third-order valence-corrected chi connectivity index (χ3v) is 6.70. The van der Waals surface area contributed by atoms with Gasteiger partial charge in [0.05, 0.1) is 18.1 Å². The molecular weight excluding hydrogens is 416 g/mol. The summed E-state index contributed by atoms with van der Waals surface area (Å²) in [4.78, 5) is 18.1. The fraction of sp³-hybridized carbons (Fsp3) is 0.296. The number of phenolic OH excluding ortho intramolecular Hbond substituents is 1. The van der Waals surface area contributed by atoms with Crippen LogP contribution in [0.5, 0.6) is 17.2 Å². The Morgan fingerprint density at radius 2 is 1.64 bits per heavy atom. The number of likely N-dealkylation sites (tertiary alicyclic amines) is 1. The van der Waals surface area contributed by atoms with Crippen LogP contribution in [0.4, 0.5) is 0 Å². The van der Waals surface area contributed by atoms with E-state index in [9.17, 15) is 15.0 Å². The van der Waals surface area contributed by atoms with Crippen LogP contribution < -0.4 is 4.74 Å². The molecule has 2 aliphatic rings. The molecule has 2 atom stereocenters. The first kappa shape index (κ1) is 21.5. The molecule has 6 heteroatoms. The van der Waals surface area contributed by atoms with E-state index >= 15 is 0 Å². The van der Waals surface area contributed by atoms with Gasteiger partial charge in [-0.1, -0.05) is 48.5 Å². The van der Waals surface area contributed by atoms with Gasteiger partial charge in [0.2, 0.25) is 5.91 Å². The number of aliphatic hydroxyl groups excluding tert-OH is 1. The predicted octanol–water partition coefficient (Wildman–Crippen LogP) is 3.90. The minimum Gasteiger partial charge on any atom is -0.508 e. The zero-order chi connectivity index (χ0) is 22.9. The van der Waals surface area contributed by atoms with E-state index in [0.717, 1.165) is 29.7 Å². The lowest BCUT2D eigenvalue weighted by molar-refractivity contribution is -0.133. The van der Waals surface area contributed by atoms with Gasteiger partial charge in [-0.25, -0.2) is 0 Å². The molecule has 0 bridgehead atoms. The molecule has 0 saturated carbocycles. The number of hydrogen-bond donors (Lipinski definition) is 2. The zero-order valence-corrected chi connectivity index (χ0v) is 18.6. The number of rotatable bonds is 5. The number of β-amino-alcohol motifs (C(OH)–C–C–N with tert-alkyl or cyclic N) is 1. The smallest absolute Gasteiger partial charge is 0.235 e. The maximum atomic E-state index is 14.1. The van der Waals surface area contributed by atoms with Crippen molar-refractivity contribution in [1.82, 2.24) is 9.80 Å². The van der Waals surface area contributed by atoms with Crippen molar-refractivity contribution in [3.8, 4) is 17.2 Å². The van der Waals surface area contributed by atoms with E-state index < -0.39 is 5.92 Å². The van der Waals surface area contributed by atoms with E-state index in [1.54, 1.807) is 17.0 Å². The average molecular weight is 445 g/mol. The van der Waals surface area contributed by atoms with Crippen LogP contribution in [-0.4, -0.2) is 58.7 Å². The number of fused-ring (bicyclic) bond motifs is 2. The van der Waals surface area contributed by atoms with Gasteiger partial charge in [-0.3, -0.25) is 9.69 Å². The van der Waals surface area contributed by atoms with Gasteiger partial charge < -0.3 is 19.8 Å². The fourth-order valence-electron chi connectivity index (χ4n) is 4.90. The van der Waals surface area contributed by atoms with Gasteiger partial charge in [-0.2, -0.15) is 0 Å². The molecule has 1 amide bonds. The van der Waals surface area contributed by atoms with E-state index in [-0.39, 0.29) is 23.8 Å². The second-order valence-electron chi connectivity index (χ2n) is 8.87. The lowest BCUT2D eigenvalue weighted by atomic mass is 9.86. The van der Waals surface area contributed by atoms with Crippen molar-refractivity contribution in [2.24, 2.45) is 0 Å². The number of carbonyl (C=O) groups excluding carboxylic acids is 1. The van der Waals surface area contributed by atoms with Gasteiger partial charge in [0, 0.05) is 37.8 Å². The number of aromatic hydroxyl groups is 1. The monoisotopic (exact) mass is 444 g/mol. The lowest BCUT2D eigenvalue weighted by Gasteiger charge is -2.36. The number of carbonyl (C=O) groups is 1. The maximum absolute atomic E-state index is 14.1. The van der Waals surface area contributed by atoms with Crippen LogP contribution in [0, 0.1) is 0 Å². The molecule has 1 saturated heterocycles. The second-order valence-corrected chi connectivity index (χ2v) is 8.87. The van der Waals surface area contributed by atoms with Crippen molar-refractivity contribution in [2.75, 3.05) is 26.7 Å². The van der Waals surface area contributed by atoms with E-state index in [0.29, 0.717) is 24.6 Å². The number of nitrogens with zero attached hydrogens (tertiary/aromatic N) is 2. The number of amides is 1. The first-order valence-electron chi connectivity index (χ1n) is 11.3. The molecule has 0 aromatic heterocycles. The normalized spacial score (nSPS) is 18.8. The lowest BCUT2D eigenvalue weighted by Crippen LogP contribution is -2.41. The summed E-state index contributed by atoms with van der Waals surface area (Å²) in [5.41, 5.74) is 2.65. The van der Waals surface area contributed by atoms with Crippen LogP contribution >= 0.6 is 0 Å². The Kier molecular flexibility index (Phi) is 5.79. The van der Waals surface area contributed by atoms with Gasteiger partial charge in [-0.05, 0) is 36.2 Å². The Morgan fingerprint density at radius 3 is 2.21 bits per heavy atom. The number of likely N-dealkylation sites (N-methyl/N-ethyl adjacent to an activating group) is 1. The highest BCUT2D eigenvalue weighted by molar-refractivity contribution is 5.90. The van der Waals surface area contributed by atoms with Crippen LogP contribution in [0.25, 0.3) is 0 Å². The fourth-order valence-corrected chi connectivity index (χ4v) is 4.90. The van der Waals surface area contributed by atoms with Crippen LogP contribution in [0.15, 0.2) is 72.8 Å². The highest BCUT2D eigenvalue weighted by Gasteiger charge is 2.37. The van der Waals surface area contributed by atoms with Gasteiger partial charge in [0.15, 0.2) is 0 Å². The quantitative estimate of drug-likeness (QED) is 0.625. The van der Waals surface area contributed by atoms with E-state index in [1.165, 1.54) is 0 Å². The molecule has 2 N–H and O–H groups in total. The molecule has 2 heterocycles. The van der Waals surface area contributed by atoms with Crippen LogP contribution in [0.1, 0.15) is 35.1 Å². The number of ether oxygens (including phenoxy) is 1. The second kappa shape index (κ2) is 8.89. The molecule has 3 aromatic rings. The molecule has 5 rings (SSSR count). The molecule has 170 valence electrons. The van der Waals surface area contributed by atoms with Crippen LogP contribution in [0.2, 0.25) is 0 Å². The van der Waals surface area contributed by atoms with Gasteiger partial charge in [0.25, 0.3) is 0 Å². The molecule has 3 aromatic carbocycles. The molecular formula is C27H28N2O4. The van der Waals surface area contributed by atoms with E-state index in [2.05, 4.69) is 4.90 Å². The maximum Gasteiger partial charge on any atom is 0.235 e. The Hall–Kier alpha value is -3.35. The molecule has 1 fully saturated rings. The number of para-hydroxylation sites is 2. The summed E-state index contributed by atoms with van der Waals surface area (Å²) in [6.45, 7) is 2.00. The Balaban J connectivity index is 1.51. The van der Waals surface area contributed by atoms with E-state index in [4.69, 9.17) is 4.74 Å². The summed E-state index contributed by atoms with van der Waals surface area (Å²) in [7, 11) is 1.84. The molecule has 2 aliphatic heterocycles. The Labute approximate surface area is 193 Å². The SMILES string of the molecule is CN(C(=O)C1c2ccccc2Oc2ccccc21)[C@H](CN1CC[C@H](O)C1)c1ccc(O)cc1. The van der Waals surface area contributed by atoms with E-state index in [1.807, 2.05) is 67.7 Å². The number of benzene rings is 3. The molecule has 0 unspecified atom stereocenters. The number of phenols is 1. The van der Waals surface area contributed by atoms with Crippen LogP contribution in [-0.2, 0) is 4.79 Å². The minimum absolute atomic E-state index is 0.0176. The highest BCUT2D eigenvalue weighted by atomic mass is 16.5. The van der Waals surface area contributed by atoms with Crippen molar-refractivity contribution in [3.05, 3.63) is 89.5 Å². The average Bonchev–Trinajstić information content (AvgIpc) is 3.25. The van der Waals surface area contributed by atoms with Crippen molar-refractivity contribution >= 4 is 5.91 Å². The minimum atomic E-state index is -0.472. The molecule has 0 aliphatic carbocycles. The summed E-state index contributed by atoms with van der Waals surface area (Å²) in [5, 5.41) is 19.8. The van der Waals surface area contributed by atoms with Gasteiger partial charge >= 0.3 is 0 Å². The Bertz CT molecular complexity index is 1100. The number of aliphatic hydroxyl groups is 1. The summed E-state index contributed by atoms with van der Waals surface area (Å²) in [6, 6.07) is 22.2. The summed E-state index contributed by atoms with van der Waals surface area (Å²) in [6.07, 6.45) is 0.404. The summed E-state index contributed by atoms with van der Waals surface area (Å²) < 4.78 is 6.08. The number of hydrogen-bond acceptors (Lipinski definition) is 5. The molecule has 33 heavy (non-hydrogen) atoms. The topological polar surface area (TPSA) is 73.2 Å². The third kappa shape index (κ3) is 4.19. The van der Waals surface area contributed by atoms with Crippen molar-refractivity contribution < 1.29 is 19.7 Å². The summed E-state index contributed by atoms with van der Waals surface area (Å²) >= 11 is 0. The van der Waals surface area contributed by atoms with Gasteiger partial charge in [-0.15, -0.1) is 0 Å². The Morgan fingerprint density at radius 1 is 1.03 bits per heavy atom. The standard InChI is InChI=1S/C27H28N2O4/c1-28(23(17-29-15-14-20(31)16-29)18-10-12-19(30)13-11-18)27(32)26-21-6-2-4-8-24(21)33-25-9-5-3-7-22(25)26/h2-13,20,23,26,30-31H,14-17H2,1H3/t20-,23+/m0/s1. The van der Waals surface area contributed by atoms with Crippen molar-refractivity contribution in [3.63, 3.8) is 0 Å². The van der Waals surface area contributed by atoms with Gasteiger partial charge in [0.1, 0.15) is 17.2 Å². The molecule has 0 radical (unpaired) electrons. The predicted molar refractivity (Wildman–Crippen MR) is 125 cm³/mol. The molecule has 6 nitrogen and oxygen atoms in total. The first-order valence-corrected chi connectivity index (χ1v) is 11.3. The van der Waals surface area contributed by atoms with Crippen LogP contribution in [0.3, 0.4) is 0 Å².